The second-order valence-electron chi connectivity index (χ2n) is 6.01. The van der Waals surface area contributed by atoms with Crippen LogP contribution in [-0.4, -0.2) is 24.9 Å². The number of hydrogen-bond acceptors (Lipinski definition) is 7. The third-order valence-electron chi connectivity index (χ3n) is 3.88. The average Bonchev–Trinajstić information content (AvgIpc) is 3.31. The van der Waals surface area contributed by atoms with Crippen LogP contribution in [0.1, 0.15) is 37.3 Å². The Morgan fingerprint density at radius 3 is 2.96 bits per heavy atom. The van der Waals surface area contributed by atoms with Gasteiger partial charge in [-0.3, -0.25) is 4.57 Å². The maximum Gasteiger partial charge on any atom is 0.226 e. The summed E-state index contributed by atoms with van der Waals surface area (Å²) in [6.07, 6.45) is 4.64. The number of allylic oxidation sites excluding steroid dienone is 1. The fourth-order valence-electron chi connectivity index (χ4n) is 2.46. The van der Waals surface area contributed by atoms with Gasteiger partial charge >= 0.3 is 0 Å². The van der Waals surface area contributed by atoms with Crippen LogP contribution < -0.4 is 4.74 Å². The fourth-order valence-corrected chi connectivity index (χ4v) is 3.27. The highest BCUT2D eigenvalue weighted by atomic mass is 32.2. The molecule has 7 nitrogen and oxygen atoms in total. The number of nitrogens with zero attached hydrogens (tertiary/aromatic N) is 5. The van der Waals surface area contributed by atoms with Gasteiger partial charge in [-0.15, -0.1) is 16.8 Å². The van der Waals surface area contributed by atoms with Crippen LogP contribution in [0.15, 0.2) is 46.6 Å². The largest absolute Gasteiger partial charge is 0.483 e. The molecule has 0 aliphatic rings. The fraction of sp³-hybridized carbons (Fsp3) is 0.368. The Hall–Kier alpha value is -2.68. The lowest BCUT2D eigenvalue weighted by molar-refractivity contribution is 0.275. The summed E-state index contributed by atoms with van der Waals surface area (Å²) in [5, 5.41) is 13.1. The van der Waals surface area contributed by atoms with Gasteiger partial charge in [0.2, 0.25) is 5.89 Å². The van der Waals surface area contributed by atoms with Crippen molar-refractivity contribution < 1.29 is 13.7 Å². The zero-order valence-electron chi connectivity index (χ0n) is 15.7. The zero-order chi connectivity index (χ0) is 19.8. The molecule has 9 heteroatoms. The van der Waals surface area contributed by atoms with Crippen molar-refractivity contribution in [3.63, 3.8) is 0 Å². The summed E-state index contributed by atoms with van der Waals surface area (Å²) in [5.74, 6) is 2.14. The monoisotopic (exact) mass is 403 g/mol. The number of aromatic nitrogens is 5. The third kappa shape index (κ3) is 5.19. The molecule has 3 rings (SSSR count). The van der Waals surface area contributed by atoms with Crippen molar-refractivity contribution in [3.8, 4) is 5.75 Å². The van der Waals surface area contributed by atoms with Crippen LogP contribution in [0.3, 0.4) is 0 Å². The molecular weight excluding hydrogens is 381 g/mol. The Bertz CT molecular complexity index is 911. The molecule has 1 aromatic carbocycles. The Labute approximate surface area is 167 Å². The molecule has 0 atom stereocenters. The molecule has 0 saturated carbocycles. The minimum absolute atomic E-state index is 0.103. The first-order valence-electron chi connectivity index (χ1n) is 9.05. The van der Waals surface area contributed by atoms with Crippen LogP contribution in [0, 0.1) is 5.82 Å². The summed E-state index contributed by atoms with van der Waals surface area (Å²) in [5.41, 5.74) is 0. The molecule has 0 saturated heterocycles. The van der Waals surface area contributed by atoms with Crippen LogP contribution >= 0.6 is 11.8 Å². The van der Waals surface area contributed by atoms with E-state index in [1.54, 1.807) is 24.3 Å². The summed E-state index contributed by atoms with van der Waals surface area (Å²) in [6.45, 7) is 6.51. The Morgan fingerprint density at radius 2 is 2.18 bits per heavy atom. The van der Waals surface area contributed by atoms with Gasteiger partial charge < -0.3 is 9.26 Å². The summed E-state index contributed by atoms with van der Waals surface area (Å²) in [6, 6.07) is 6.26. The van der Waals surface area contributed by atoms with E-state index in [-0.39, 0.29) is 12.4 Å². The lowest BCUT2D eigenvalue weighted by Gasteiger charge is -2.09. The number of halogens is 1. The van der Waals surface area contributed by atoms with Crippen LogP contribution in [0.25, 0.3) is 0 Å². The first-order valence-corrected chi connectivity index (χ1v) is 10.0. The maximum atomic E-state index is 13.7. The Balaban J connectivity index is 1.64. The predicted molar refractivity (Wildman–Crippen MR) is 103 cm³/mol. The highest BCUT2D eigenvalue weighted by Gasteiger charge is 2.15. The molecule has 2 aromatic heterocycles. The van der Waals surface area contributed by atoms with Gasteiger partial charge in [0.1, 0.15) is 6.61 Å². The molecule has 0 aliphatic heterocycles. The van der Waals surface area contributed by atoms with Crippen LogP contribution in [-0.2, 0) is 25.3 Å². The van der Waals surface area contributed by atoms with Crippen LogP contribution in [0.4, 0.5) is 4.39 Å². The number of para-hydroxylation sites is 1. The molecule has 2 heterocycles. The highest BCUT2D eigenvalue weighted by molar-refractivity contribution is 7.98. The summed E-state index contributed by atoms with van der Waals surface area (Å²) in [4.78, 5) is 4.39. The average molecular weight is 403 g/mol. The van der Waals surface area contributed by atoms with Gasteiger partial charge in [0.25, 0.3) is 0 Å². The first kappa shape index (κ1) is 20.1. The summed E-state index contributed by atoms with van der Waals surface area (Å²) >= 11 is 1.45. The number of ether oxygens (including phenoxy) is 1. The van der Waals surface area contributed by atoms with Crippen molar-refractivity contribution in [1.29, 1.82) is 0 Å². The highest BCUT2D eigenvalue weighted by Crippen LogP contribution is 2.22. The molecule has 0 amide bonds. The van der Waals surface area contributed by atoms with E-state index in [0.29, 0.717) is 35.0 Å². The second-order valence-corrected chi connectivity index (χ2v) is 6.96. The lowest BCUT2D eigenvalue weighted by atomic mass is 10.2. The minimum atomic E-state index is -0.414. The van der Waals surface area contributed by atoms with E-state index in [1.165, 1.54) is 17.8 Å². The van der Waals surface area contributed by atoms with Crippen LogP contribution in [0.2, 0.25) is 0 Å². The number of unbranched alkanes of at least 4 members (excludes halogenated alkanes) is 1. The third-order valence-corrected chi connectivity index (χ3v) is 4.85. The number of benzene rings is 1. The number of thioether (sulfide) groups is 1. The van der Waals surface area contributed by atoms with Gasteiger partial charge in [-0.1, -0.05) is 48.5 Å². The van der Waals surface area contributed by atoms with Gasteiger partial charge in [0, 0.05) is 13.0 Å². The van der Waals surface area contributed by atoms with Crippen molar-refractivity contribution in [1.82, 2.24) is 24.9 Å². The van der Waals surface area contributed by atoms with Crippen LogP contribution in [0.5, 0.6) is 5.75 Å². The van der Waals surface area contributed by atoms with Gasteiger partial charge in [-0.2, -0.15) is 4.98 Å². The van der Waals surface area contributed by atoms with Crippen molar-refractivity contribution in [2.24, 2.45) is 0 Å². The van der Waals surface area contributed by atoms with Gasteiger partial charge in [0.15, 0.2) is 28.4 Å². The summed E-state index contributed by atoms with van der Waals surface area (Å²) in [7, 11) is 0. The smallest absolute Gasteiger partial charge is 0.226 e. The van der Waals surface area contributed by atoms with E-state index in [1.807, 2.05) is 4.57 Å². The van der Waals surface area contributed by atoms with E-state index in [4.69, 9.17) is 9.26 Å². The van der Waals surface area contributed by atoms with E-state index >= 15 is 0 Å². The Morgan fingerprint density at radius 1 is 1.32 bits per heavy atom. The molecule has 148 valence electrons. The molecule has 0 fully saturated rings. The number of aryl methyl sites for hydroxylation is 1. The quantitative estimate of drug-likeness (QED) is 0.351. The Kier molecular flexibility index (Phi) is 7.18. The predicted octanol–water partition coefficient (Wildman–Crippen LogP) is 4.20. The SMILES string of the molecule is C=CCn1c(COc2ccccc2F)nnc1SCc1noc(CCCC)n1. The van der Waals surface area contributed by atoms with E-state index in [0.717, 1.165) is 19.3 Å². The molecule has 0 aliphatic carbocycles. The number of rotatable bonds is 11. The standard InChI is InChI=1S/C19H22FN5O2S/c1-3-5-10-18-21-16(24-27-18)13-28-19-23-22-17(25(19)11-4-2)12-26-15-9-7-6-8-14(15)20/h4,6-9H,2-3,5,10-13H2,1H3. The van der Waals surface area contributed by atoms with Gasteiger partial charge in [0.05, 0.1) is 5.75 Å². The van der Waals surface area contributed by atoms with Crippen molar-refractivity contribution in [3.05, 3.63) is 60.3 Å². The van der Waals surface area contributed by atoms with Gasteiger partial charge in [-0.05, 0) is 18.6 Å². The molecular formula is C19H22FN5O2S. The van der Waals surface area contributed by atoms with Crippen molar-refractivity contribution >= 4 is 11.8 Å². The van der Waals surface area contributed by atoms with E-state index in [2.05, 4.69) is 33.8 Å². The van der Waals surface area contributed by atoms with E-state index in [9.17, 15) is 4.39 Å². The molecule has 0 bridgehead atoms. The molecule has 0 spiro atoms. The van der Waals surface area contributed by atoms with Crippen molar-refractivity contribution in [2.75, 3.05) is 0 Å². The first-order chi connectivity index (χ1) is 13.7. The molecule has 0 N–H and O–H groups in total. The molecule has 0 radical (unpaired) electrons. The lowest BCUT2D eigenvalue weighted by Crippen LogP contribution is -2.08. The normalized spacial score (nSPS) is 10.9. The second kappa shape index (κ2) is 10.0. The maximum absolute atomic E-state index is 13.7. The van der Waals surface area contributed by atoms with Gasteiger partial charge in [-0.25, -0.2) is 4.39 Å². The topological polar surface area (TPSA) is 78.9 Å². The minimum Gasteiger partial charge on any atom is -0.483 e. The zero-order valence-corrected chi connectivity index (χ0v) is 16.5. The molecule has 0 unspecified atom stereocenters. The number of hydrogen-bond donors (Lipinski definition) is 0. The summed E-state index contributed by atoms with van der Waals surface area (Å²) < 4.78 is 26.4. The van der Waals surface area contributed by atoms with E-state index < -0.39 is 5.82 Å². The van der Waals surface area contributed by atoms with Crippen molar-refractivity contribution in [2.45, 2.75) is 50.2 Å². The molecule has 28 heavy (non-hydrogen) atoms. The molecule has 3 aromatic rings.